The third-order valence-electron chi connectivity index (χ3n) is 5.64. The van der Waals surface area contributed by atoms with E-state index in [4.69, 9.17) is 0 Å². The van der Waals surface area contributed by atoms with Crippen LogP contribution in [0.2, 0.25) is 0 Å². The van der Waals surface area contributed by atoms with Crippen molar-refractivity contribution in [1.29, 1.82) is 0 Å². The largest absolute Gasteiger partial charge is 0.361 e. The molecule has 0 atom stereocenters. The minimum atomic E-state index is -0.258. The maximum Gasteiger partial charge on any atom is 0.267 e. The number of H-pyrrole nitrogens is 1. The van der Waals surface area contributed by atoms with Crippen molar-refractivity contribution < 1.29 is 4.79 Å². The van der Waals surface area contributed by atoms with Gasteiger partial charge in [-0.05, 0) is 42.9 Å². The molecule has 2 N–H and O–H groups in total. The zero-order chi connectivity index (χ0) is 20.2. The highest BCUT2D eigenvalue weighted by Crippen LogP contribution is 2.20. The molecule has 2 aromatic heterocycles. The monoisotopic (exact) mass is 393 g/mol. The van der Waals surface area contributed by atoms with Crippen molar-refractivity contribution in [2.45, 2.75) is 32.7 Å². The van der Waals surface area contributed by atoms with Crippen molar-refractivity contribution in [2.24, 2.45) is 5.92 Å². The summed E-state index contributed by atoms with van der Waals surface area (Å²) in [5.41, 5.74) is 2.00. The Morgan fingerprint density at radius 2 is 2.00 bits per heavy atom. The summed E-state index contributed by atoms with van der Waals surface area (Å²) < 4.78 is 1.26. The molecule has 7 nitrogen and oxygen atoms in total. The number of nitrogens with zero attached hydrogens (tertiary/aromatic N) is 3. The van der Waals surface area contributed by atoms with Crippen LogP contribution in [0.25, 0.3) is 10.9 Å². The number of rotatable bonds is 6. The lowest BCUT2D eigenvalue weighted by Gasteiger charge is -2.31. The number of aromatic amines is 1. The molecular weight excluding hydrogens is 366 g/mol. The summed E-state index contributed by atoms with van der Waals surface area (Å²) in [5, 5.41) is 8.49. The number of anilines is 1. The molecule has 0 aliphatic carbocycles. The van der Waals surface area contributed by atoms with Crippen LogP contribution in [0.5, 0.6) is 0 Å². The average molecular weight is 393 g/mol. The predicted octanol–water partition coefficient (Wildman–Crippen LogP) is 2.32. The number of para-hydroxylation sites is 1. The summed E-state index contributed by atoms with van der Waals surface area (Å²) in [6, 6.07) is 11.4. The molecule has 3 heterocycles. The summed E-state index contributed by atoms with van der Waals surface area (Å²) in [6.45, 7) is 4.57. The van der Waals surface area contributed by atoms with E-state index in [1.54, 1.807) is 6.07 Å². The van der Waals surface area contributed by atoms with E-state index >= 15 is 0 Å². The Balaban J connectivity index is 1.34. The van der Waals surface area contributed by atoms with Crippen LogP contribution < -0.4 is 15.8 Å². The highest BCUT2D eigenvalue weighted by atomic mass is 16.2. The normalized spacial score (nSPS) is 15.0. The summed E-state index contributed by atoms with van der Waals surface area (Å²) in [7, 11) is 0. The van der Waals surface area contributed by atoms with E-state index in [1.807, 2.05) is 24.4 Å². The van der Waals surface area contributed by atoms with Gasteiger partial charge in [0.25, 0.3) is 5.56 Å². The van der Waals surface area contributed by atoms with E-state index in [0.29, 0.717) is 6.54 Å². The number of carbonyl (C=O) groups excluding carboxylic acids is 1. The van der Waals surface area contributed by atoms with Crippen LogP contribution in [0.4, 0.5) is 5.82 Å². The van der Waals surface area contributed by atoms with E-state index in [-0.39, 0.29) is 18.0 Å². The van der Waals surface area contributed by atoms with Crippen LogP contribution in [0, 0.1) is 5.92 Å². The van der Waals surface area contributed by atoms with Gasteiger partial charge in [-0.25, -0.2) is 4.68 Å². The standard InChI is InChI=1S/C22H27N5O2/c1-16-9-12-26(13-10-16)20-6-7-22(29)27(25-20)15-21(28)23-11-8-17-14-24-19-5-3-2-4-18(17)19/h2-7,14,16,24H,8-13,15H2,1H3,(H,23,28). The van der Waals surface area contributed by atoms with Crippen LogP contribution in [0.1, 0.15) is 25.3 Å². The first kappa shape index (κ1) is 19.2. The third kappa shape index (κ3) is 4.50. The molecular formula is C22H27N5O2. The van der Waals surface area contributed by atoms with Crippen LogP contribution in [0.3, 0.4) is 0 Å². The van der Waals surface area contributed by atoms with Gasteiger partial charge in [-0.15, -0.1) is 0 Å². The Labute approximate surface area is 169 Å². The maximum absolute atomic E-state index is 12.4. The minimum Gasteiger partial charge on any atom is -0.361 e. The van der Waals surface area contributed by atoms with Gasteiger partial charge in [-0.3, -0.25) is 9.59 Å². The summed E-state index contributed by atoms with van der Waals surface area (Å²) in [5.74, 6) is 1.28. The first-order chi connectivity index (χ1) is 14.1. The molecule has 0 bridgehead atoms. The molecule has 0 unspecified atom stereocenters. The fraction of sp³-hybridized carbons (Fsp3) is 0.409. The van der Waals surface area contributed by atoms with Gasteiger partial charge in [0.1, 0.15) is 12.4 Å². The van der Waals surface area contributed by atoms with Gasteiger partial charge in [0.2, 0.25) is 5.91 Å². The summed E-state index contributed by atoms with van der Waals surface area (Å²) in [4.78, 5) is 29.9. The van der Waals surface area contributed by atoms with E-state index in [1.165, 1.54) is 16.1 Å². The van der Waals surface area contributed by atoms with Gasteiger partial charge in [-0.2, -0.15) is 5.10 Å². The second kappa shape index (κ2) is 8.51. The second-order valence-corrected chi connectivity index (χ2v) is 7.82. The zero-order valence-electron chi connectivity index (χ0n) is 16.7. The highest BCUT2D eigenvalue weighted by molar-refractivity contribution is 5.83. The van der Waals surface area contributed by atoms with Crippen molar-refractivity contribution in [1.82, 2.24) is 20.1 Å². The van der Waals surface area contributed by atoms with E-state index in [9.17, 15) is 9.59 Å². The number of carbonyl (C=O) groups is 1. The third-order valence-corrected chi connectivity index (χ3v) is 5.64. The molecule has 4 rings (SSSR count). The molecule has 1 aromatic carbocycles. The van der Waals surface area contributed by atoms with Crippen molar-refractivity contribution in [3.05, 3.63) is 58.5 Å². The first-order valence-electron chi connectivity index (χ1n) is 10.2. The molecule has 1 aliphatic rings. The summed E-state index contributed by atoms with van der Waals surface area (Å²) >= 11 is 0. The fourth-order valence-electron chi connectivity index (χ4n) is 3.82. The van der Waals surface area contributed by atoms with E-state index < -0.39 is 0 Å². The molecule has 7 heteroatoms. The number of aromatic nitrogens is 3. The Hall–Kier alpha value is -3.09. The number of hydrogen-bond donors (Lipinski definition) is 2. The molecule has 29 heavy (non-hydrogen) atoms. The molecule has 152 valence electrons. The average Bonchev–Trinajstić information content (AvgIpc) is 3.14. The smallest absolute Gasteiger partial charge is 0.267 e. The highest BCUT2D eigenvalue weighted by Gasteiger charge is 2.18. The molecule has 3 aromatic rings. The molecule has 1 fully saturated rings. The Bertz CT molecular complexity index is 1050. The van der Waals surface area contributed by atoms with Crippen LogP contribution in [0.15, 0.2) is 47.4 Å². The lowest BCUT2D eigenvalue weighted by Crippen LogP contribution is -2.37. The molecule has 0 saturated carbocycles. The molecule has 1 amide bonds. The molecule has 1 aliphatic heterocycles. The lowest BCUT2D eigenvalue weighted by atomic mass is 9.99. The van der Waals surface area contributed by atoms with Gasteiger partial charge in [0, 0.05) is 42.8 Å². The number of hydrogen-bond acceptors (Lipinski definition) is 4. The number of benzene rings is 1. The zero-order valence-corrected chi connectivity index (χ0v) is 16.7. The number of amides is 1. The number of piperidine rings is 1. The van der Waals surface area contributed by atoms with E-state index in [2.05, 4.69) is 33.3 Å². The fourth-order valence-corrected chi connectivity index (χ4v) is 3.82. The minimum absolute atomic E-state index is 0.0647. The van der Waals surface area contributed by atoms with Gasteiger partial charge >= 0.3 is 0 Å². The SMILES string of the molecule is CC1CCN(c2ccc(=O)n(CC(=O)NCCc3c[nH]c4ccccc34)n2)CC1. The quantitative estimate of drug-likeness (QED) is 0.673. The van der Waals surface area contributed by atoms with E-state index in [0.717, 1.165) is 55.2 Å². The summed E-state index contributed by atoms with van der Waals surface area (Å²) in [6.07, 6.45) is 4.94. The Morgan fingerprint density at radius 3 is 2.83 bits per heavy atom. The van der Waals surface area contributed by atoms with Crippen molar-refractivity contribution in [3.63, 3.8) is 0 Å². The predicted molar refractivity (Wildman–Crippen MR) is 114 cm³/mol. The molecule has 0 spiro atoms. The van der Waals surface area contributed by atoms with Crippen molar-refractivity contribution in [3.8, 4) is 0 Å². The molecule has 0 radical (unpaired) electrons. The second-order valence-electron chi connectivity index (χ2n) is 7.82. The maximum atomic E-state index is 12.4. The topological polar surface area (TPSA) is 83.0 Å². The first-order valence-corrected chi connectivity index (χ1v) is 10.2. The van der Waals surface area contributed by atoms with Crippen molar-refractivity contribution >= 4 is 22.6 Å². The van der Waals surface area contributed by atoms with Crippen LogP contribution >= 0.6 is 0 Å². The van der Waals surface area contributed by atoms with Crippen LogP contribution in [-0.4, -0.2) is 40.3 Å². The van der Waals surface area contributed by atoms with Gasteiger partial charge in [0.15, 0.2) is 0 Å². The van der Waals surface area contributed by atoms with Gasteiger partial charge < -0.3 is 15.2 Å². The number of nitrogens with one attached hydrogen (secondary N) is 2. The van der Waals surface area contributed by atoms with Crippen LogP contribution in [-0.2, 0) is 17.8 Å². The van der Waals surface area contributed by atoms with Crippen molar-refractivity contribution in [2.75, 3.05) is 24.5 Å². The molecule has 1 saturated heterocycles. The Morgan fingerprint density at radius 1 is 1.21 bits per heavy atom. The lowest BCUT2D eigenvalue weighted by molar-refractivity contribution is -0.121. The van der Waals surface area contributed by atoms with Gasteiger partial charge in [0.05, 0.1) is 0 Å². The van der Waals surface area contributed by atoms with Gasteiger partial charge in [-0.1, -0.05) is 25.1 Å². The number of fused-ring (bicyclic) bond motifs is 1. The Kier molecular flexibility index (Phi) is 5.64.